The Labute approximate surface area is 132 Å². The molecule has 0 fully saturated rings. The van der Waals surface area contributed by atoms with Crippen LogP contribution in [0, 0.1) is 23.2 Å². The normalized spacial score (nSPS) is 13.2. The van der Waals surface area contributed by atoms with E-state index in [4.69, 9.17) is 4.74 Å². The van der Waals surface area contributed by atoms with Crippen LogP contribution >= 0.6 is 0 Å². The Morgan fingerprint density at radius 1 is 1.00 bits per heavy atom. The molecule has 0 aromatic heterocycles. The summed E-state index contributed by atoms with van der Waals surface area (Å²) in [6.45, 7) is 4.17. The van der Waals surface area contributed by atoms with Crippen molar-refractivity contribution in [1.29, 1.82) is 5.26 Å². The van der Waals surface area contributed by atoms with E-state index in [0.717, 1.165) is 17.0 Å². The average molecular weight is 294 g/mol. The summed E-state index contributed by atoms with van der Waals surface area (Å²) in [7, 11) is 1.65. The highest BCUT2D eigenvalue weighted by Crippen LogP contribution is 2.31. The molecule has 0 aliphatic rings. The van der Waals surface area contributed by atoms with Crippen LogP contribution in [-0.2, 0) is 0 Å². The van der Waals surface area contributed by atoms with Crippen LogP contribution in [0.2, 0.25) is 0 Å². The summed E-state index contributed by atoms with van der Waals surface area (Å²) >= 11 is 0. The van der Waals surface area contributed by atoms with E-state index in [1.807, 2.05) is 42.5 Å². The molecule has 114 valence electrons. The first kappa shape index (κ1) is 15.9. The maximum absolute atomic E-state index is 9.58. The third-order valence-electron chi connectivity index (χ3n) is 3.80. The van der Waals surface area contributed by atoms with Crippen molar-refractivity contribution in [2.75, 3.05) is 12.4 Å². The van der Waals surface area contributed by atoms with Crippen molar-refractivity contribution in [2.24, 2.45) is 11.8 Å². The van der Waals surface area contributed by atoms with Crippen LogP contribution in [0.4, 0.5) is 5.69 Å². The highest BCUT2D eigenvalue weighted by molar-refractivity contribution is 5.49. The zero-order chi connectivity index (χ0) is 15.9. The second kappa shape index (κ2) is 7.51. The minimum Gasteiger partial charge on any atom is -0.497 e. The largest absolute Gasteiger partial charge is 0.497 e. The number of nitrogens with zero attached hydrogens (tertiary/aromatic N) is 1. The van der Waals surface area contributed by atoms with Crippen LogP contribution in [0.5, 0.6) is 5.75 Å². The van der Waals surface area contributed by atoms with Crippen molar-refractivity contribution in [3.8, 4) is 11.8 Å². The Hall–Kier alpha value is -2.47. The number of nitriles is 1. The van der Waals surface area contributed by atoms with Gasteiger partial charge >= 0.3 is 0 Å². The number of nitrogens with one attached hydrogen (secondary N) is 1. The van der Waals surface area contributed by atoms with Crippen molar-refractivity contribution in [3.05, 3.63) is 60.2 Å². The lowest BCUT2D eigenvalue weighted by Gasteiger charge is -2.27. The summed E-state index contributed by atoms with van der Waals surface area (Å²) in [4.78, 5) is 0. The molecule has 22 heavy (non-hydrogen) atoms. The van der Waals surface area contributed by atoms with Crippen LogP contribution in [0.3, 0.4) is 0 Å². The van der Waals surface area contributed by atoms with E-state index in [2.05, 4.69) is 37.4 Å². The number of rotatable bonds is 6. The number of methoxy groups -OCH3 is 1. The van der Waals surface area contributed by atoms with Crippen molar-refractivity contribution in [2.45, 2.75) is 19.9 Å². The fraction of sp³-hybridized carbons (Fsp3) is 0.316. The van der Waals surface area contributed by atoms with Gasteiger partial charge in [0.05, 0.1) is 25.1 Å². The Kier molecular flexibility index (Phi) is 5.43. The molecule has 1 N–H and O–H groups in total. The molecule has 3 nitrogen and oxygen atoms in total. The SMILES string of the molecule is COc1ccc(N[C@H](c2ccccc2)[C@@H](C#N)C(C)C)cc1. The van der Waals surface area contributed by atoms with Gasteiger partial charge in [0.25, 0.3) is 0 Å². The topological polar surface area (TPSA) is 45.0 Å². The van der Waals surface area contributed by atoms with E-state index in [1.54, 1.807) is 7.11 Å². The molecule has 0 heterocycles. The molecule has 2 aromatic rings. The second-order valence-corrected chi connectivity index (χ2v) is 5.66. The molecule has 0 amide bonds. The molecule has 0 unspecified atom stereocenters. The standard InChI is InChI=1S/C19H22N2O/c1-14(2)18(13-20)19(15-7-5-4-6-8-15)21-16-9-11-17(22-3)12-10-16/h4-12,14,18-19,21H,1-3H3/t18-,19+/m0/s1. The number of ether oxygens (including phenoxy) is 1. The summed E-state index contributed by atoms with van der Waals surface area (Å²) in [6.07, 6.45) is 0. The Bertz CT molecular complexity index is 614. The molecule has 2 aromatic carbocycles. The minimum absolute atomic E-state index is 0.0420. The summed E-state index contributed by atoms with van der Waals surface area (Å²) < 4.78 is 5.19. The van der Waals surface area contributed by atoms with Gasteiger partial charge in [-0.25, -0.2) is 0 Å². The Balaban J connectivity index is 2.30. The maximum Gasteiger partial charge on any atom is 0.119 e. The van der Waals surface area contributed by atoms with Crippen molar-refractivity contribution < 1.29 is 4.74 Å². The van der Waals surface area contributed by atoms with Gasteiger partial charge in [0.1, 0.15) is 5.75 Å². The van der Waals surface area contributed by atoms with Crippen LogP contribution in [0.15, 0.2) is 54.6 Å². The van der Waals surface area contributed by atoms with Gasteiger partial charge in [-0.05, 0) is 35.7 Å². The fourth-order valence-electron chi connectivity index (χ4n) is 2.52. The third-order valence-corrected chi connectivity index (χ3v) is 3.80. The zero-order valence-corrected chi connectivity index (χ0v) is 13.3. The third kappa shape index (κ3) is 3.79. The number of hydrogen-bond acceptors (Lipinski definition) is 3. The second-order valence-electron chi connectivity index (χ2n) is 5.66. The number of anilines is 1. The van der Waals surface area contributed by atoms with E-state index in [9.17, 15) is 5.26 Å². The predicted molar refractivity (Wildman–Crippen MR) is 89.7 cm³/mol. The molecule has 0 aliphatic carbocycles. The first-order valence-corrected chi connectivity index (χ1v) is 7.51. The first-order chi connectivity index (χ1) is 10.7. The first-order valence-electron chi connectivity index (χ1n) is 7.51. The summed E-state index contributed by atoms with van der Waals surface area (Å²) in [6, 6.07) is 20.3. The molecule has 2 rings (SSSR count). The zero-order valence-electron chi connectivity index (χ0n) is 13.3. The van der Waals surface area contributed by atoms with Gasteiger partial charge in [-0.3, -0.25) is 0 Å². The van der Waals surface area contributed by atoms with Gasteiger partial charge in [0, 0.05) is 5.69 Å². The van der Waals surface area contributed by atoms with E-state index < -0.39 is 0 Å². The van der Waals surface area contributed by atoms with E-state index in [1.165, 1.54) is 0 Å². The minimum atomic E-state index is -0.107. The molecule has 3 heteroatoms. The van der Waals surface area contributed by atoms with Gasteiger partial charge in [-0.2, -0.15) is 5.26 Å². The Morgan fingerprint density at radius 2 is 1.64 bits per heavy atom. The summed E-state index contributed by atoms with van der Waals surface area (Å²) in [5.74, 6) is 0.980. The molecule has 0 saturated carbocycles. The van der Waals surface area contributed by atoms with Crippen LogP contribution in [-0.4, -0.2) is 7.11 Å². The van der Waals surface area contributed by atoms with Gasteiger partial charge < -0.3 is 10.1 Å². The van der Waals surface area contributed by atoms with Gasteiger partial charge in [-0.1, -0.05) is 44.2 Å². The lowest BCUT2D eigenvalue weighted by atomic mass is 9.85. The smallest absolute Gasteiger partial charge is 0.119 e. The number of hydrogen-bond donors (Lipinski definition) is 1. The van der Waals surface area contributed by atoms with Crippen LogP contribution < -0.4 is 10.1 Å². The maximum atomic E-state index is 9.58. The van der Waals surface area contributed by atoms with Gasteiger partial charge in [0.15, 0.2) is 0 Å². The lowest BCUT2D eigenvalue weighted by Crippen LogP contribution is -2.24. The highest BCUT2D eigenvalue weighted by atomic mass is 16.5. The Morgan fingerprint density at radius 3 is 2.14 bits per heavy atom. The van der Waals surface area contributed by atoms with Crippen molar-refractivity contribution >= 4 is 5.69 Å². The fourth-order valence-corrected chi connectivity index (χ4v) is 2.52. The molecule has 0 saturated heterocycles. The molecule has 0 bridgehead atoms. The average Bonchev–Trinajstić information content (AvgIpc) is 2.55. The van der Waals surface area contributed by atoms with Crippen molar-refractivity contribution in [1.82, 2.24) is 0 Å². The molecular formula is C19H22N2O. The van der Waals surface area contributed by atoms with E-state index in [0.29, 0.717) is 0 Å². The van der Waals surface area contributed by atoms with Gasteiger partial charge in [0.2, 0.25) is 0 Å². The van der Waals surface area contributed by atoms with Crippen molar-refractivity contribution in [3.63, 3.8) is 0 Å². The summed E-state index contributed by atoms with van der Waals surface area (Å²) in [5, 5.41) is 13.1. The summed E-state index contributed by atoms with van der Waals surface area (Å²) in [5.41, 5.74) is 2.11. The molecular weight excluding hydrogens is 272 g/mol. The van der Waals surface area contributed by atoms with Crippen LogP contribution in [0.25, 0.3) is 0 Å². The molecule has 2 atom stereocenters. The van der Waals surface area contributed by atoms with E-state index >= 15 is 0 Å². The molecule has 0 radical (unpaired) electrons. The van der Waals surface area contributed by atoms with E-state index in [-0.39, 0.29) is 17.9 Å². The predicted octanol–water partition coefficient (Wildman–Crippen LogP) is 4.64. The highest BCUT2D eigenvalue weighted by Gasteiger charge is 2.25. The molecule has 0 spiro atoms. The monoisotopic (exact) mass is 294 g/mol. The van der Waals surface area contributed by atoms with Gasteiger partial charge in [-0.15, -0.1) is 0 Å². The molecule has 0 aliphatic heterocycles. The quantitative estimate of drug-likeness (QED) is 0.843. The number of benzene rings is 2. The lowest BCUT2D eigenvalue weighted by molar-refractivity contribution is 0.414. The van der Waals surface area contributed by atoms with Crippen LogP contribution in [0.1, 0.15) is 25.5 Å².